The number of hydrogen-bond donors (Lipinski definition) is 1. The van der Waals surface area contributed by atoms with E-state index in [0.29, 0.717) is 34.1 Å². The zero-order chi connectivity index (χ0) is 24.7. The van der Waals surface area contributed by atoms with Gasteiger partial charge in [0.2, 0.25) is 0 Å². The average Bonchev–Trinajstić information content (AvgIpc) is 2.86. The number of methoxy groups -OCH3 is 3. The molecule has 0 aromatic heterocycles. The predicted octanol–water partition coefficient (Wildman–Crippen LogP) is 5.66. The van der Waals surface area contributed by atoms with Crippen molar-refractivity contribution in [3.63, 3.8) is 0 Å². The smallest absolute Gasteiger partial charge is 0.335 e. The number of halogens is 1. The zero-order valence-electron chi connectivity index (χ0n) is 18.8. The summed E-state index contributed by atoms with van der Waals surface area (Å²) in [5.41, 5.74) is 2.96. The standard InChI is InChI=1S/C26H22INO6/c1-31-22-9-8-19(13-23(22)32-2)20(14-28)10-17-11-21(27)25(24(12-17)33-3)34-15-16-4-6-18(7-5-16)26(29)30/h4-13H,15H2,1-3H3,(H,29,30)/b20-10+. The van der Waals surface area contributed by atoms with Crippen LogP contribution in [0.15, 0.2) is 54.6 Å². The van der Waals surface area contributed by atoms with Gasteiger partial charge in [0.1, 0.15) is 6.61 Å². The summed E-state index contributed by atoms with van der Waals surface area (Å²) < 4.78 is 22.9. The van der Waals surface area contributed by atoms with E-state index >= 15 is 0 Å². The fourth-order valence-electron chi connectivity index (χ4n) is 3.21. The van der Waals surface area contributed by atoms with Crippen molar-refractivity contribution >= 4 is 40.2 Å². The average molecular weight is 571 g/mol. The van der Waals surface area contributed by atoms with E-state index in [4.69, 9.17) is 24.1 Å². The van der Waals surface area contributed by atoms with E-state index in [0.717, 1.165) is 14.7 Å². The number of nitriles is 1. The summed E-state index contributed by atoms with van der Waals surface area (Å²) in [6.45, 7) is 0.247. The van der Waals surface area contributed by atoms with Crippen molar-refractivity contribution in [3.05, 3.63) is 80.4 Å². The Bertz CT molecular complexity index is 1260. The van der Waals surface area contributed by atoms with Crippen LogP contribution in [0.2, 0.25) is 0 Å². The molecular weight excluding hydrogens is 549 g/mol. The minimum atomic E-state index is -0.975. The van der Waals surface area contributed by atoms with E-state index in [1.807, 2.05) is 6.07 Å². The van der Waals surface area contributed by atoms with Crippen LogP contribution >= 0.6 is 22.6 Å². The van der Waals surface area contributed by atoms with Crippen molar-refractivity contribution in [2.45, 2.75) is 6.61 Å². The van der Waals surface area contributed by atoms with Crippen molar-refractivity contribution < 1.29 is 28.8 Å². The fraction of sp³-hybridized carbons (Fsp3) is 0.154. The molecule has 174 valence electrons. The van der Waals surface area contributed by atoms with E-state index in [1.165, 1.54) is 12.1 Å². The molecule has 0 heterocycles. The molecule has 3 rings (SSSR count). The van der Waals surface area contributed by atoms with E-state index in [-0.39, 0.29) is 12.2 Å². The fourth-order valence-corrected chi connectivity index (χ4v) is 3.99. The summed E-state index contributed by atoms with van der Waals surface area (Å²) in [6, 6.07) is 17.7. The second-order valence-electron chi connectivity index (χ2n) is 7.06. The van der Waals surface area contributed by atoms with Crippen LogP contribution < -0.4 is 18.9 Å². The van der Waals surface area contributed by atoms with E-state index in [2.05, 4.69) is 28.7 Å². The highest BCUT2D eigenvalue weighted by Gasteiger charge is 2.14. The van der Waals surface area contributed by atoms with Gasteiger partial charge in [0, 0.05) is 0 Å². The lowest BCUT2D eigenvalue weighted by Crippen LogP contribution is -2.01. The van der Waals surface area contributed by atoms with Crippen molar-refractivity contribution in [2.24, 2.45) is 0 Å². The third-order valence-electron chi connectivity index (χ3n) is 4.96. The molecule has 0 atom stereocenters. The highest BCUT2D eigenvalue weighted by molar-refractivity contribution is 14.1. The topological polar surface area (TPSA) is 98.0 Å². The molecule has 0 saturated heterocycles. The Kier molecular flexibility index (Phi) is 8.38. The number of nitrogens with zero attached hydrogens (tertiary/aromatic N) is 1. The normalized spacial score (nSPS) is 10.9. The molecule has 0 bridgehead atoms. The molecule has 7 nitrogen and oxygen atoms in total. The largest absolute Gasteiger partial charge is 0.493 e. The lowest BCUT2D eigenvalue weighted by atomic mass is 10.0. The number of carboxylic acid groups (broad SMARTS) is 1. The molecule has 0 spiro atoms. The lowest BCUT2D eigenvalue weighted by Gasteiger charge is -2.14. The first-order valence-corrected chi connectivity index (χ1v) is 11.1. The Labute approximate surface area is 211 Å². The quantitative estimate of drug-likeness (QED) is 0.201. The highest BCUT2D eigenvalue weighted by Crippen LogP contribution is 2.36. The number of allylic oxidation sites excluding steroid dienone is 1. The first-order valence-electron chi connectivity index (χ1n) is 10.1. The molecule has 1 N–H and O–H groups in total. The number of aromatic carboxylic acids is 1. The summed E-state index contributed by atoms with van der Waals surface area (Å²) in [7, 11) is 4.65. The van der Waals surface area contributed by atoms with Crippen LogP contribution in [-0.2, 0) is 6.61 Å². The Morgan fingerprint density at radius 1 is 0.941 bits per heavy atom. The van der Waals surface area contributed by atoms with Gasteiger partial charge in [-0.1, -0.05) is 12.1 Å². The first-order chi connectivity index (χ1) is 16.4. The van der Waals surface area contributed by atoms with Gasteiger partial charge in [0.25, 0.3) is 0 Å². The molecule has 34 heavy (non-hydrogen) atoms. The van der Waals surface area contributed by atoms with E-state index in [9.17, 15) is 10.1 Å². The maximum Gasteiger partial charge on any atom is 0.335 e. The van der Waals surface area contributed by atoms with E-state index in [1.54, 1.807) is 63.8 Å². The molecule has 3 aromatic carbocycles. The maximum absolute atomic E-state index is 11.0. The van der Waals surface area contributed by atoms with Crippen molar-refractivity contribution in [1.29, 1.82) is 5.26 Å². The molecule has 8 heteroatoms. The molecule has 0 saturated carbocycles. The molecule has 0 aliphatic rings. The third-order valence-corrected chi connectivity index (χ3v) is 5.76. The third kappa shape index (κ3) is 5.80. The second-order valence-corrected chi connectivity index (χ2v) is 8.23. The maximum atomic E-state index is 11.0. The number of ether oxygens (including phenoxy) is 4. The molecular formula is C26H22INO6. The van der Waals surface area contributed by atoms with Crippen LogP contribution in [0.25, 0.3) is 11.6 Å². The monoisotopic (exact) mass is 571 g/mol. The summed E-state index contributed by atoms with van der Waals surface area (Å²) in [5, 5.41) is 18.8. The van der Waals surface area contributed by atoms with Crippen molar-refractivity contribution in [1.82, 2.24) is 0 Å². The Morgan fingerprint density at radius 3 is 2.18 bits per heavy atom. The summed E-state index contributed by atoms with van der Waals surface area (Å²) in [4.78, 5) is 11.0. The number of carboxylic acids is 1. The lowest BCUT2D eigenvalue weighted by molar-refractivity contribution is 0.0697. The molecule has 0 fully saturated rings. The van der Waals surface area contributed by atoms with Crippen LogP contribution in [-0.4, -0.2) is 32.4 Å². The Balaban J connectivity index is 1.87. The summed E-state index contributed by atoms with van der Waals surface area (Å²) in [5.74, 6) is 1.22. The number of benzene rings is 3. The summed E-state index contributed by atoms with van der Waals surface area (Å²) in [6.07, 6.45) is 1.76. The van der Waals surface area contributed by atoms with Gasteiger partial charge in [-0.2, -0.15) is 5.26 Å². The zero-order valence-corrected chi connectivity index (χ0v) is 21.0. The van der Waals surface area contributed by atoms with Gasteiger partial charge in [-0.3, -0.25) is 0 Å². The van der Waals surface area contributed by atoms with Crippen molar-refractivity contribution in [3.8, 4) is 29.1 Å². The molecule has 0 radical (unpaired) electrons. The van der Waals surface area contributed by atoms with Gasteiger partial charge in [0.05, 0.1) is 42.1 Å². The van der Waals surface area contributed by atoms with Crippen LogP contribution in [0, 0.1) is 14.9 Å². The molecule has 0 aliphatic heterocycles. The predicted molar refractivity (Wildman–Crippen MR) is 136 cm³/mol. The van der Waals surface area contributed by atoms with Gasteiger partial charge < -0.3 is 24.1 Å². The summed E-state index contributed by atoms with van der Waals surface area (Å²) >= 11 is 2.15. The van der Waals surface area contributed by atoms with Crippen LogP contribution in [0.1, 0.15) is 27.0 Å². The molecule has 3 aromatic rings. The van der Waals surface area contributed by atoms with Crippen LogP contribution in [0.5, 0.6) is 23.0 Å². The van der Waals surface area contributed by atoms with Gasteiger partial charge in [-0.05, 0) is 87.8 Å². The Morgan fingerprint density at radius 2 is 1.59 bits per heavy atom. The Hall–Kier alpha value is -3.71. The molecule has 0 amide bonds. The van der Waals surface area contributed by atoms with Gasteiger partial charge in [-0.15, -0.1) is 0 Å². The second kappa shape index (κ2) is 11.4. The molecule has 0 aliphatic carbocycles. The van der Waals surface area contributed by atoms with Gasteiger partial charge in [0.15, 0.2) is 23.0 Å². The first kappa shape index (κ1) is 24.9. The number of hydrogen-bond acceptors (Lipinski definition) is 6. The van der Waals surface area contributed by atoms with E-state index < -0.39 is 5.97 Å². The van der Waals surface area contributed by atoms with Gasteiger partial charge >= 0.3 is 5.97 Å². The van der Waals surface area contributed by atoms with Gasteiger partial charge in [-0.25, -0.2) is 4.79 Å². The minimum Gasteiger partial charge on any atom is -0.493 e. The SMILES string of the molecule is COc1ccc(/C(C#N)=C/c2cc(I)c(OCc3ccc(C(=O)O)cc3)c(OC)c2)cc1OC. The highest BCUT2D eigenvalue weighted by atomic mass is 127. The van der Waals surface area contributed by atoms with Crippen LogP contribution in [0.3, 0.4) is 0 Å². The number of carbonyl (C=O) groups is 1. The number of rotatable bonds is 9. The van der Waals surface area contributed by atoms with Crippen LogP contribution in [0.4, 0.5) is 0 Å². The van der Waals surface area contributed by atoms with Crippen molar-refractivity contribution in [2.75, 3.05) is 21.3 Å². The minimum absolute atomic E-state index is 0.217. The molecule has 0 unspecified atom stereocenters.